The molecule has 0 aliphatic carbocycles. The van der Waals surface area contributed by atoms with Crippen LogP contribution in [-0.4, -0.2) is 20.9 Å². The number of carbonyl (C=O) groups excluding carboxylic acids is 1. The summed E-state index contributed by atoms with van der Waals surface area (Å²) >= 11 is 0. The van der Waals surface area contributed by atoms with Crippen LogP contribution in [0.2, 0.25) is 0 Å². The molecule has 0 unspecified atom stereocenters. The molecule has 0 aliphatic rings. The first kappa shape index (κ1) is 13.7. The van der Waals surface area contributed by atoms with Crippen molar-refractivity contribution < 1.29 is 13.2 Å². The van der Waals surface area contributed by atoms with E-state index in [9.17, 15) is 13.2 Å². The van der Waals surface area contributed by atoms with E-state index in [-0.39, 0.29) is 10.5 Å². The van der Waals surface area contributed by atoms with Crippen LogP contribution < -0.4 is 10.5 Å². The quantitative estimate of drug-likeness (QED) is 0.740. The molecule has 5 nitrogen and oxygen atoms in total. The summed E-state index contributed by atoms with van der Waals surface area (Å²) in [5, 5.41) is 0. The van der Waals surface area contributed by atoms with E-state index in [2.05, 4.69) is 4.72 Å². The van der Waals surface area contributed by atoms with Crippen LogP contribution in [0.15, 0.2) is 29.2 Å². The van der Waals surface area contributed by atoms with E-state index in [0.717, 1.165) is 12.8 Å². The molecule has 94 valence electrons. The molecule has 0 saturated carbocycles. The summed E-state index contributed by atoms with van der Waals surface area (Å²) in [6.07, 6.45) is 1.71. The van der Waals surface area contributed by atoms with Crippen LogP contribution in [0.4, 0.5) is 0 Å². The fourth-order valence-corrected chi connectivity index (χ4v) is 2.34. The van der Waals surface area contributed by atoms with Crippen LogP contribution in [0, 0.1) is 0 Å². The molecular weight excluding hydrogens is 240 g/mol. The van der Waals surface area contributed by atoms with Gasteiger partial charge in [0.05, 0.1) is 4.90 Å². The Hall–Kier alpha value is -1.40. The van der Waals surface area contributed by atoms with Gasteiger partial charge in [0, 0.05) is 12.1 Å². The fourth-order valence-electron chi connectivity index (χ4n) is 1.26. The van der Waals surface area contributed by atoms with Crippen molar-refractivity contribution in [2.75, 3.05) is 6.54 Å². The van der Waals surface area contributed by atoms with Crippen molar-refractivity contribution in [3.63, 3.8) is 0 Å². The highest BCUT2D eigenvalue weighted by atomic mass is 32.2. The SMILES string of the molecule is CCCCNS(=O)(=O)c1ccc(C(N)=O)cc1. The van der Waals surface area contributed by atoms with Crippen LogP contribution >= 0.6 is 0 Å². The molecule has 0 aromatic heterocycles. The number of unbranched alkanes of at least 4 members (excludes halogenated alkanes) is 1. The number of carbonyl (C=O) groups is 1. The van der Waals surface area contributed by atoms with Gasteiger partial charge in [-0.2, -0.15) is 0 Å². The van der Waals surface area contributed by atoms with E-state index < -0.39 is 15.9 Å². The highest BCUT2D eigenvalue weighted by Gasteiger charge is 2.13. The molecular formula is C11H16N2O3S. The van der Waals surface area contributed by atoms with Gasteiger partial charge in [0.2, 0.25) is 15.9 Å². The molecule has 1 aromatic rings. The zero-order valence-electron chi connectivity index (χ0n) is 9.64. The van der Waals surface area contributed by atoms with Gasteiger partial charge in [-0.3, -0.25) is 4.79 Å². The van der Waals surface area contributed by atoms with Crippen LogP contribution in [-0.2, 0) is 10.0 Å². The van der Waals surface area contributed by atoms with E-state index in [1.165, 1.54) is 24.3 Å². The van der Waals surface area contributed by atoms with Gasteiger partial charge in [0.1, 0.15) is 0 Å². The van der Waals surface area contributed by atoms with Crippen molar-refractivity contribution in [2.45, 2.75) is 24.7 Å². The van der Waals surface area contributed by atoms with Crippen molar-refractivity contribution in [3.8, 4) is 0 Å². The van der Waals surface area contributed by atoms with Crippen molar-refractivity contribution in [1.82, 2.24) is 4.72 Å². The van der Waals surface area contributed by atoms with Crippen molar-refractivity contribution in [2.24, 2.45) is 5.73 Å². The lowest BCUT2D eigenvalue weighted by molar-refractivity contribution is 0.1000. The smallest absolute Gasteiger partial charge is 0.248 e. The summed E-state index contributed by atoms with van der Waals surface area (Å²) in [5.74, 6) is -0.576. The minimum absolute atomic E-state index is 0.138. The van der Waals surface area contributed by atoms with Crippen LogP contribution in [0.25, 0.3) is 0 Å². The summed E-state index contributed by atoms with van der Waals surface area (Å²) < 4.78 is 26.0. The monoisotopic (exact) mass is 256 g/mol. The molecule has 0 aliphatic heterocycles. The molecule has 0 bridgehead atoms. The number of amides is 1. The summed E-state index contributed by atoms with van der Waals surface area (Å²) in [6.45, 7) is 2.40. The largest absolute Gasteiger partial charge is 0.366 e. The Labute approximate surface area is 101 Å². The fraction of sp³-hybridized carbons (Fsp3) is 0.364. The van der Waals surface area contributed by atoms with Gasteiger partial charge in [-0.05, 0) is 30.7 Å². The summed E-state index contributed by atoms with van der Waals surface area (Å²) in [7, 11) is -3.48. The predicted octanol–water partition coefficient (Wildman–Crippen LogP) is 0.864. The molecule has 1 rings (SSSR count). The van der Waals surface area contributed by atoms with Gasteiger partial charge < -0.3 is 5.73 Å². The molecule has 3 N–H and O–H groups in total. The Bertz CT molecular complexity index is 480. The highest BCUT2D eigenvalue weighted by molar-refractivity contribution is 7.89. The zero-order valence-corrected chi connectivity index (χ0v) is 10.5. The third-order valence-electron chi connectivity index (χ3n) is 2.27. The Morgan fingerprint density at radius 3 is 2.35 bits per heavy atom. The summed E-state index contributed by atoms with van der Waals surface area (Å²) in [4.78, 5) is 11.0. The number of hydrogen-bond acceptors (Lipinski definition) is 3. The second-order valence-electron chi connectivity index (χ2n) is 3.64. The Morgan fingerprint density at radius 2 is 1.88 bits per heavy atom. The molecule has 6 heteroatoms. The normalized spacial score (nSPS) is 11.4. The molecule has 0 saturated heterocycles. The summed E-state index contributed by atoms with van der Waals surface area (Å²) in [6, 6.07) is 5.54. The topological polar surface area (TPSA) is 89.3 Å². The maximum absolute atomic E-state index is 11.8. The van der Waals surface area contributed by atoms with Crippen LogP contribution in [0.3, 0.4) is 0 Å². The third-order valence-corrected chi connectivity index (χ3v) is 3.75. The number of rotatable bonds is 6. The maximum atomic E-state index is 11.8. The second-order valence-corrected chi connectivity index (χ2v) is 5.41. The molecule has 0 fully saturated rings. The van der Waals surface area contributed by atoms with Gasteiger partial charge in [-0.25, -0.2) is 13.1 Å². The Balaban J connectivity index is 2.81. The number of primary amides is 1. The number of nitrogens with one attached hydrogen (secondary N) is 1. The maximum Gasteiger partial charge on any atom is 0.248 e. The van der Waals surface area contributed by atoms with Crippen LogP contribution in [0.1, 0.15) is 30.1 Å². The lowest BCUT2D eigenvalue weighted by Gasteiger charge is -2.06. The molecule has 0 atom stereocenters. The lowest BCUT2D eigenvalue weighted by atomic mass is 10.2. The van der Waals surface area contributed by atoms with Gasteiger partial charge in [0.15, 0.2) is 0 Å². The zero-order chi connectivity index (χ0) is 12.9. The number of hydrogen-bond donors (Lipinski definition) is 2. The van der Waals surface area contributed by atoms with Crippen LogP contribution in [0.5, 0.6) is 0 Å². The van der Waals surface area contributed by atoms with Crippen molar-refractivity contribution in [1.29, 1.82) is 0 Å². The van der Waals surface area contributed by atoms with E-state index >= 15 is 0 Å². The highest BCUT2D eigenvalue weighted by Crippen LogP contribution is 2.10. The summed E-state index contributed by atoms with van der Waals surface area (Å²) in [5.41, 5.74) is 5.36. The van der Waals surface area contributed by atoms with E-state index in [1.807, 2.05) is 6.92 Å². The molecule has 1 amide bonds. The standard InChI is InChI=1S/C11H16N2O3S/c1-2-3-8-13-17(15,16)10-6-4-9(5-7-10)11(12)14/h4-7,13H,2-3,8H2,1H3,(H2,12,14). The average molecular weight is 256 g/mol. The van der Waals surface area contributed by atoms with Gasteiger partial charge in [0.25, 0.3) is 0 Å². The minimum Gasteiger partial charge on any atom is -0.366 e. The second kappa shape index (κ2) is 5.79. The lowest BCUT2D eigenvalue weighted by Crippen LogP contribution is -2.24. The molecule has 17 heavy (non-hydrogen) atoms. The molecule has 1 aromatic carbocycles. The third kappa shape index (κ3) is 3.83. The number of benzene rings is 1. The first-order chi connectivity index (χ1) is 7.97. The van der Waals surface area contributed by atoms with Gasteiger partial charge in [-0.1, -0.05) is 13.3 Å². The number of sulfonamides is 1. The molecule has 0 heterocycles. The Morgan fingerprint density at radius 1 is 1.29 bits per heavy atom. The predicted molar refractivity (Wildman–Crippen MR) is 65.1 cm³/mol. The van der Waals surface area contributed by atoms with Crippen molar-refractivity contribution >= 4 is 15.9 Å². The average Bonchev–Trinajstić information content (AvgIpc) is 2.29. The molecule has 0 radical (unpaired) electrons. The first-order valence-corrected chi connectivity index (χ1v) is 6.85. The van der Waals surface area contributed by atoms with E-state index in [0.29, 0.717) is 6.54 Å². The molecule has 0 spiro atoms. The van der Waals surface area contributed by atoms with E-state index in [4.69, 9.17) is 5.73 Å². The first-order valence-electron chi connectivity index (χ1n) is 5.37. The Kier molecular flexibility index (Phi) is 4.65. The number of nitrogens with two attached hydrogens (primary N) is 1. The van der Waals surface area contributed by atoms with Gasteiger partial charge in [-0.15, -0.1) is 0 Å². The minimum atomic E-state index is -3.48. The van der Waals surface area contributed by atoms with Crippen molar-refractivity contribution in [3.05, 3.63) is 29.8 Å². The van der Waals surface area contributed by atoms with E-state index in [1.54, 1.807) is 0 Å². The van der Waals surface area contributed by atoms with Gasteiger partial charge >= 0.3 is 0 Å².